The Kier molecular flexibility index (Phi) is 4.79. The number of halogens is 1. The minimum atomic E-state index is 0.499. The largest absolute Gasteiger partial charge is 0.379 e. The molecule has 90 valence electrons. The number of nitrogens with one attached hydrogen (secondary N) is 2. The highest BCUT2D eigenvalue weighted by Crippen LogP contribution is 2.22. The Morgan fingerprint density at radius 1 is 1.56 bits per heavy atom. The van der Waals surface area contributed by atoms with Crippen molar-refractivity contribution in [1.29, 1.82) is 0 Å². The lowest BCUT2D eigenvalue weighted by atomic mass is 10.0. The maximum Gasteiger partial charge on any atom is 0.0623 e. The van der Waals surface area contributed by atoms with Crippen LogP contribution in [0.1, 0.15) is 4.88 Å². The van der Waals surface area contributed by atoms with Gasteiger partial charge in [-0.05, 0) is 34.4 Å². The van der Waals surface area contributed by atoms with Gasteiger partial charge in [-0.3, -0.25) is 0 Å². The minimum Gasteiger partial charge on any atom is -0.379 e. The van der Waals surface area contributed by atoms with Crippen LogP contribution < -0.4 is 10.6 Å². The molecular formula is C11H17BrN2OS. The van der Waals surface area contributed by atoms with Gasteiger partial charge in [-0.2, -0.15) is 0 Å². The number of thiophene rings is 1. The van der Waals surface area contributed by atoms with E-state index in [4.69, 9.17) is 4.74 Å². The zero-order chi connectivity index (χ0) is 11.4. The van der Waals surface area contributed by atoms with Crippen LogP contribution in [0.25, 0.3) is 0 Å². The van der Waals surface area contributed by atoms with Gasteiger partial charge in [-0.15, -0.1) is 11.3 Å². The molecule has 0 amide bonds. The summed E-state index contributed by atoms with van der Waals surface area (Å²) >= 11 is 5.32. The van der Waals surface area contributed by atoms with E-state index in [2.05, 4.69) is 38.0 Å². The lowest BCUT2D eigenvalue weighted by molar-refractivity contribution is 0.182. The third kappa shape index (κ3) is 3.05. The van der Waals surface area contributed by atoms with E-state index in [1.54, 1.807) is 11.3 Å². The fourth-order valence-electron chi connectivity index (χ4n) is 1.94. The Hall–Kier alpha value is 0.0600. The first kappa shape index (κ1) is 12.5. The summed E-state index contributed by atoms with van der Waals surface area (Å²) in [6, 6.07) is 2.59. The standard InChI is InChI=1S/C11H17BrN2OS/c1-13-10-7-15-6-8(10)4-14-5-11-9(12)2-3-16-11/h2-3,8,10,13-14H,4-7H2,1H3. The molecule has 3 nitrogen and oxygen atoms in total. The van der Waals surface area contributed by atoms with Gasteiger partial charge >= 0.3 is 0 Å². The zero-order valence-corrected chi connectivity index (χ0v) is 11.7. The smallest absolute Gasteiger partial charge is 0.0623 e. The third-order valence-corrected chi connectivity index (χ3v) is 4.88. The molecular weight excluding hydrogens is 288 g/mol. The van der Waals surface area contributed by atoms with Crippen molar-refractivity contribution < 1.29 is 4.74 Å². The minimum absolute atomic E-state index is 0.499. The van der Waals surface area contributed by atoms with Crippen molar-refractivity contribution in [2.75, 3.05) is 26.8 Å². The summed E-state index contributed by atoms with van der Waals surface area (Å²) in [6.45, 7) is 3.65. The van der Waals surface area contributed by atoms with E-state index < -0.39 is 0 Å². The normalized spacial score (nSPS) is 25.1. The molecule has 2 rings (SSSR count). The number of hydrogen-bond donors (Lipinski definition) is 2. The van der Waals surface area contributed by atoms with E-state index in [1.165, 1.54) is 9.35 Å². The van der Waals surface area contributed by atoms with Crippen LogP contribution in [0.3, 0.4) is 0 Å². The second kappa shape index (κ2) is 6.12. The van der Waals surface area contributed by atoms with E-state index in [0.717, 1.165) is 26.3 Å². The molecule has 0 spiro atoms. The van der Waals surface area contributed by atoms with Gasteiger partial charge in [0.1, 0.15) is 0 Å². The van der Waals surface area contributed by atoms with Crippen molar-refractivity contribution in [2.45, 2.75) is 12.6 Å². The van der Waals surface area contributed by atoms with Crippen LogP contribution in [0.5, 0.6) is 0 Å². The highest BCUT2D eigenvalue weighted by molar-refractivity contribution is 9.10. The van der Waals surface area contributed by atoms with Crippen LogP contribution in [0, 0.1) is 5.92 Å². The highest BCUT2D eigenvalue weighted by atomic mass is 79.9. The molecule has 2 unspecified atom stereocenters. The highest BCUT2D eigenvalue weighted by Gasteiger charge is 2.26. The Balaban J connectivity index is 1.74. The molecule has 0 radical (unpaired) electrons. The van der Waals surface area contributed by atoms with Crippen molar-refractivity contribution in [2.24, 2.45) is 5.92 Å². The summed E-state index contributed by atoms with van der Waals surface area (Å²) in [7, 11) is 2.00. The summed E-state index contributed by atoms with van der Waals surface area (Å²) in [4.78, 5) is 1.36. The first-order valence-electron chi connectivity index (χ1n) is 5.49. The number of rotatable bonds is 5. The van der Waals surface area contributed by atoms with E-state index >= 15 is 0 Å². The Bertz CT molecular complexity index is 332. The molecule has 2 atom stereocenters. The van der Waals surface area contributed by atoms with Crippen LogP contribution in [0.4, 0.5) is 0 Å². The quantitative estimate of drug-likeness (QED) is 0.871. The summed E-state index contributed by atoms with van der Waals surface area (Å²) < 4.78 is 6.67. The second-order valence-electron chi connectivity index (χ2n) is 4.02. The lowest BCUT2D eigenvalue weighted by Crippen LogP contribution is -2.38. The molecule has 1 saturated heterocycles. The Morgan fingerprint density at radius 2 is 2.44 bits per heavy atom. The van der Waals surface area contributed by atoms with Crippen molar-refractivity contribution in [3.63, 3.8) is 0 Å². The van der Waals surface area contributed by atoms with Gasteiger partial charge in [0.05, 0.1) is 13.2 Å². The average Bonchev–Trinajstić information content (AvgIpc) is 2.88. The Labute approximate surface area is 109 Å². The second-order valence-corrected chi connectivity index (χ2v) is 5.87. The molecule has 1 aliphatic heterocycles. The van der Waals surface area contributed by atoms with E-state index in [9.17, 15) is 0 Å². The first-order valence-corrected chi connectivity index (χ1v) is 7.16. The van der Waals surface area contributed by atoms with E-state index in [0.29, 0.717) is 12.0 Å². The van der Waals surface area contributed by atoms with Crippen molar-refractivity contribution in [3.05, 3.63) is 20.8 Å². The van der Waals surface area contributed by atoms with Gasteiger partial charge in [0.2, 0.25) is 0 Å². The van der Waals surface area contributed by atoms with Crippen molar-refractivity contribution in [1.82, 2.24) is 10.6 Å². The van der Waals surface area contributed by atoms with E-state index in [-0.39, 0.29) is 0 Å². The fraction of sp³-hybridized carbons (Fsp3) is 0.636. The molecule has 5 heteroatoms. The predicted octanol–water partition coefficient (Wildman–Crippen LogP) is 1.83. The molecule has 1 fully saturated rings. The number of ether oxygens (including phenoxy) is 1. The average molecular weight is 305 g/mol. The molecule has 1 aromatic heterocycles. The molecule has 1 aliphatic rings. The maximum atomic E-state index is 5.46. The fourth-order valence-corrected chi connectivity index (χ4v) is 3.40. The first-order chi connectivity index (χ1) is 7.81. The van der Waals surface area contributed by atoms with Crippen LogP contribution in [-0.2, 0) is 11.3 Å². The maximum absolute atomic E-state index is 5.46. The van der Waals surface area contributed by atoms with Crippen molar-refractivity contribution in [3.8, 4) is 0 Å². The molecule has 0 aromatic carbocycles. The monoisotopic (exact) mass is 304 g/mol. The van der Waals surface area contributed by atoms with Gasteiger partial charge in [0, 0.05) is 34.4 Å². The van der Waals surface area contributed by atoms with Crippen LogP contribution in [-0.4, -0.2) is 32.8 Å². The van der Waals surface area contributed by atoms with E-state index in [1.807, 2.05) is 7.05 Å². The molecule has 0 saturated carbocycles. The van der Waals surface area contributed by atoms with Gasteiger partial charge in [0.25, 0.3) is 0 Å². The summed E-state index contributed by atoms with van der Waals surface area (Å²) in [5, 5.41) is 8.90. The van der Waals surface area contributed by atoms with Crippen LogP contribution in [0.2, 0.25) is 0 Å². The molecule has 2 N–H and O–H groups in total. The summed E-state index contributed by atoms with van der Waals surface area (Å²) in [6.07, 6.45) is 0. The lowest BCUT2D eigenvalue weighted by Gasteiger charge is -2.17. The third-order valence-electron chi connectivity index (χ3n) is 2.95. The molecule has 16 heavy (non-hydrogen) atoms. The SMILES string of the molecule is CNC1COCC1CNCc1sccc1Br. The van der Waals surface area contributed by atoms with Gasteiger partial charge < -0.3 is 15.4 Å². The number of likely N-dealkylation sites (N-methyl/N-ethyl adjacent to an activating group) is 1. The van der Waals surface area contributed by atoms with Gasteiger partial charge in [-0.25, -0.2) is 0 Å². The topological polar surface area (TPSA) is 33.3 Å². The van der Waals surface area contributed by atoms with Gasteiger partial charge in [0.15, 0.2) is 0 Å². The molecule has 0 bridgehead atoms. The molecule has 1 aromatic rings. The van der Waals surface area contributed by atoms with Crippen molar-refractivity contribution >= 4 is 27.3 Å². The summed E-state index contributed by atoms with van der Waals surface area (Å²) in [5.41, 5.74) is 0. The number of hydrogen-bond acceptors (Lipinski definition) is 4. The van der Waals surface area contributed by atoms with Crippen LogP contribution >= 0.6 is 27.3 Å². The Morgan fingerprint density at radius 3 is 3.12 bits per heavy atom. The van der Waals surface area contributed by atoms with Gasteiger partial charge in [-0.1, -0.05) is 0 Å². The zero-order valence-electron chi connectivity index (χ0n) is 9.33. The molecule has 2 heterocycles. The van der Waals surface area contributed by atoms with Crippen LogP contribution in [0.15, 0.2) is 15.9 Å². The summed E-state index contributed by atoms with van der Waals surface area (Å²) in [5.74, 6) is 0.587. The predicted molar refractivity (Wildman–Crippen MR) is 70.9 cm³/mol. The molecule has 0 aliphatic carbocycles.